The highest BCUT2D eigenvalue weighted by Gasteiger charge is 2.18. The van der Waals surface area contributed by atoms with Crippen molar-refractivity contribution in [3.8, 4) is 17.2 Å². The van der Waals surface area contributed by atoms with Gasteiger partial charge in [0.25, 0.3) is 5.91 Å². The Bertz CT molecular complexity index is 1150. The summed E-state index contributed by atoms with van der Waals surface area (Å²) in [6, 6.07) is 19.6. The molecule has 1 aliphatic heterocycles. The van der Waals surface area contributed by atoms with E-state index < -0.39 is 0 Å². The van der Waals surface area contributed by atoms with Crippen LogP contribution in [0.1, 0.15) is 17.3 Å². The number of carbonyl (C=O) groups excluding carboxylic acids is 2. The average molecular weight is 465 g/mol. The standard InChI is InChI=1S/C25H24N2O5S/c1-16(33-19-11-12-22-23(15-19)32-14-13-31-22)24(28)26-18-9-7-17(8-10-18)25(29)27-20-5-3-4-6-21(20)30-2/h3-12,15-16H,13-14H2,1-2H3,(H,26,28)(H,27,29). The average Bonchev–Trinajstić information content (AvgIpc) is 2.84. The maximum atomic E-state index is 12.7. The summed E-state index contributed by atoms with van der Waals surface area (Å²) in [6.45, 7) is 2.90. The van der Waals surface area contributed by atoms with Gasteiger partial charge < -0.3 is 24.8 Å². The molecule has 0 aromatic heterocycles. The number of methoxy groups -OCH3 is 1. The van der Waals surface area contributed by atoms with E-state index in [2.05, 4.69) is 10.6 Å². The third-order valence-electron chi connectivity index (χ3n) is 4.97. The largest absolute Gasteiger partial charge is 0.495 e. The van der Waals surface area contributed by atoms with E-state index in [9.17, 15) is 9.59 Å². The van der Waals surface area contributed by atoms with Crippen molar-refractivity contribution in [1.29, 1.82) is 0 Å². The van der Waals surface area contributed by atoms with Gasteiger partial charge in [-0.3, -0.25) is 9.59 Å². The fourth-order valence-corrected chi connectivity index (χ4v) is 4.14. The minimum Gasteiger partial charge on any atom is -0.495 e. The van der Waals surface area contributed by atoms with E-state index >= 15 is 0 Å². The number of para-hydroxylation sites is 2. The highest BCUT2D eigenvalue weighted by molar-refractivity contribution is 8.00. The summed E-state index contributed by atoms with van der Waals surface area (Å²) in [6.07, 6.45) is 0. The first-order chi connectivity index (χ1) is 16.0. The molecule has 170 valence electrons. The Morgan fingerprint density at radius 1 is 0.939 bits per heavy atom. The molecule has 1 atom stereocenters. The Balaban J connectivity index is 1.34. The number of hydrogen-bond donors (Lipinski definition) is 2. The van der Waals surface area contributed by atoms with E-state index in [4.69, 9.17) is 14.2 Å². The van der Waals surface area contributed by atoms with E-state index in [1.807, 2.05) is 37.3 Å². The molecule has 3 aromatic carbocycles. The van der Waals surface area contributed by atoms with Crippen LogP contribution in [0.3, 0.4) is 0 Å². The number of carbonyl (C=O) groups is 2. The van der Waals surface area contributed by atoms with Gasteiger partial charge in [-0.05, 0) is 61.5 Å². The van der Waals surface area contributed by atoms with Crippen LogP contribution in [-0.2, 0) is 4.79 Å². The minimum absolute atomic E-state index is 0.138. The maximum absolute atomic E-state index is 12.7. The van der Waals surface area contributed by atoms with Crippen LogP contribution in [0.5, 0.6) is 17.2 Å². The first kappa shape index (κ1) is 22.5. The van der Waals surface area contributed by atoms with Crippen LogP contribution >= 0.6 is 11.8 Å². The summed E-state index contributed by atoms with van der Waals surface area (Å²) in [5.41, 5.74) is 1.67. The van der Waals surface area contributed by atoms with E-state index in [1.54, 1.807) is 43.5 Å². The lowest BCUT2D eigenvalue weighted by Crippen LogP contribution is -2.22. The lowest BCUT2D eigenvalue weighted by Gasteiger charge is -2.19. The van der Waals surface area contributed by atoms with Crippen LogP contribution in [0.25, 0.3) is 0 Å². The monoisotopic (exact) mass is 464 g/mol. The van der Waals surface area contributed by atoms with Gasteiger partial charge in [-0.15, -0.1) is 11.8 Å². The molecule has 4 rings (SSSR count). The predicted molar refractivity (Wildman–Crippen MR) is 129 cm³/mol. The molecule has 0 saturated heterocycles. The van der Waals surface area contributed by atoms with Gasteiger partial charge in [0.2, 0.25) is 5.91 Å². The number of thioether (sulfide) groups is 1. The van der Waals surface area contributed by atoms with E-state index in [-0.39, 0.29) is 17.1 Å². The van der Waals surface area contributed by atoms with Crippen molar-refractivity contribution in [2.24, 2.45) is 0 Å². The molecule has 0 saturated carbocycles. The quantitative estimate of drug-likeness (QED) is 0.487. The molecule has 0 radical (unpaired) electrons. The Labute approximate surface area is 196 Å². The highest BCUT2D eigenvalue weighted by Crippen LogP contribution is 2.35. The molecule has 2 amide bonds. The van der Waals surface area contributed by atoms with Gasteiger partial charge in [0.15, 0.2) is 11.5 Å². The fourth-order valence-electron chi connectivity index (χ4n) is 3.25. The second-order valence-corrected chi connectivity index (χ2v) is 8.70. The predicted octanol–water partition coefficient (Wildman–Crippen LogP) is 4.84. The van der Waals surface area contributed by atoms with Crippen molar-refractivity contribution in [2.45, 2.75) is 17.1 Å². The summed E-state index contributed by atoms with van der Waals surface area (Å²) in [5, 5.41) is 5.39. The van der Waals surface area contributed by atoms with Crippen molar-refractivity contribution in [2.75, 3.05) is 31.0 Å². The number of ether oxygens (including phenoxy) is 3. The molecule has 0 fully saturated rings. The molecule has 0 spiro atoms. The number of nitrogens with one attached hydrogen (secondary N) is 2. The van der Waals surface area contributed by atoms with Gasteiger partial charge in [-0.1, -0.05) is 12.1 Å². The minimum atomic E-state index is -0.332. The molecule has 0 bridgehead atoms. The number of amides is 2. The number of rotatable bonds is 7. The van der Waals surface area contributed by atoms with Crippen LogP contribution in [0.4, 0.5) is 11.4 Å². The fraction of sp³-hybridized carbons (Fsp3) is 0.200. The summed E-state index contributed by atoms with van der Waals surface area (Å²) in [4.78, 5) is 26.1. The first-order valence-electron chi connectivity index (χ1n) is 10.4. The zero-order valence-corrected chi connectivity index (χ0v) is 19.1. The van der Waals surface area contributed by atoms with Gasteiger partial charge in [0, 0.05) is 16.1 Å². The number of hydrogen-bond acceptors (Lipinski definition) is 6. The Kier molecular flexibility index (Phi) is 7.04. The Morgan fingerprint density at radius 3 is 2.42 bits per heavy atom. The van der Waals surface area contributed by atoms with Crippen molar-refractivity contribution in [1.82, 2.24) is 0 Å². The zero-order valence-electron chi connectivity index (χ0n) is 18.3. The number of anilines is 2. The van der Waals surface area contributed by atoms with Gasteiger partial charge >= 0.3 is 0 Å². The molecule has 1 unspecified atom stereocenters. The van der Waals surface area contributed by atoms with Gasteiger partial charge in [-0.2, -0.15) is 0 Å². The van der Waals surface area contributed by atoms with Crippen LogP contribution in [0.15, 0.2) is 71.6 Å². The Morgan fingerprint density at radius 2 is 1.67 bits per heavy atom. The molecule has 0 aliphatic carbocycles. The zero-order chi connectivity index (χ0) is 23.2. The van der Waals surface area contributed by atoms with Crippen LogP contribution in [0, 0.1) is 0 Å². The molecule has 3 aromatic rings. The first-order valence-corrected chi connectivity index (χ1v) is 11.3. The van der Waals surface area contributed by atoms with Crippen LogP contribution in [-0.4, -0.2) is 37.4 Å². The maximum Gasteiger partial charge on any atom is 0.255 e. The number of fused-ring (bicyclic) bond motifs is 1. The third kappa shape index (κ3) is 5.59. The molecule has 33 heavy (non-hydrogen) atoms. The van der Waals surface area contributed by atoms with E-state index in [1.165, 1.54) is 11.8 Å². The second-order valence-electron chi connectivity index (χ2n) is 7.29. The molecular weight excluding hydrogens is 440 g/mol. The normalized spacial score (nSPS) is 13.0. The molecule has 8 heteroatoms. The number of benzene rings is 3. The van der Waals surface area contributed by atoms with Crippen LogP contribution in [0.2, 0.25) is 0 Å². The van der Waals surface area contributed by atoms with Crippen molar-refractivity contribution < 1.29 is 23.8 Å². The highest BCUT2D eigenvalue weighted by atomic mass is 32.2. The molecule has 2 N–H and O–H groups in total. The van der Waals surface area contributed by atoms with E-state index in [0.29, 0.717) is 41.7 Å². The molecular formula is C25H24N2O5S. The molecule has 1 aliphatic rings. The van der Waals surface area contributed by atoms with Crippen molar-refractivity contribution in [3.63, 3.8) is 0 Å². The van der Waals surface area contributed by atoms with Crippen molar-refractivity contribution >= 4 is 35.0 Å². The topological polar surface area (TPSA) is 85.9 Å². The smallest absolute Gasteiger partial charge is 0.255 e. The summed E-state index contributed by atoms with van der Waals surface area (Å²) >= 11 is 1.43. The van der Waals surface area contributed by atoms with Gasteiger partial charge in [0.1, 0.15) is 19.0 Å². The SMILES string of the molecule is COc1ccccc1NC(=O)c1ccc(NC(=O)C(C)Sc2ccc3c(c2)OCCO3)cc1. The summed E-state index contributed by atoms with van der Waals surface area (Å²) in [7, 11) is 1.55. The Hall–Kier alpha value is -3.65. The lowest BCUT2D eigenvalue weighted by molar-refractivity contribution is -0.115. The lowest BCUT2D eigenvalue weighted by atomic mass is 10.2. The summed E-state index contributed by atoms with van der Waals surface area (Å²) in [5.74, 6) is 1.60. The molecule has 7 nitrogen and oxygen atoms in total. The van der Waals surface area contributed by atoms with E-state index in [0.717, 1.165) is 10.6 Å². The van der Waals surface area contributed by atoms with Crippen molar-refractivity contribution in [3.05, 3.63) is 72.3 Å². The molecule has 1 heterocycles. The second kappa shape index (κ2) is 10.3. The summed E-state index contributed by atoms with van der Waals surface area (Å²) < 4.78 is 16.4. The van der Waals surface area contributed by atoms with Crippen LogP contribution < -0.4 is 24.8 Å². The van der Waals surface area contributed by atoms with Gasteiger partial charge in [0.05, 0.1) is 18.0 Å². The van der Waals surface area contributed by atoms with Gasteiger partial charge in [-0.25, -0.2) is 0 Å². The third-order valence-corrected chi connectivity index (χ3v) is 6.06.